The predicted octanol–water partition coefficient (Wildman–Crippen LogP) is 3.81. The van der Waals surface area contributed by atoms with Crippen molar-refractivity contribution in [3.63, 3.8) is 0 Å². The van der Waals surface area contributed by atoms with E-state index in [1.807, 2.05) is 12.1 Å². The molecule has 1 aromatic carbocycles. The van der Waals surface area contributed by atoms with Crippen molar-refractivity contribution in [2.24, 2.45) is 0 Å². The van der Waals surface area contributed by atoms with Crippen LogP contribution in [0, 0.1) is 0 Å². The summed E-state index contributed by atoms with van der Waals surface area (Å²) in [5.74, 6) is -0.454. The number of rotatable bonds is 8. The summed E-state index contributed by atoms with van der Waals surface area (Å²) in [5, 5.41) is 7.79. The van der Waals surface area contributed by atoms with Crippen LogP contribution in [-0.2, 0) is 9.53 Å². The van der Waals surface area contributed by atoms with Crippen molar-refractivity contribution in [2.75, 3.05) is 19.0 Å². The van der Waals surface area contributed by atoms with Crippen LogP contribution in [0.4, 0.5) is 5.00 Å². The van der Waals surface area contributed by atoms with Gasteiger partial charge in [0.2, 0.25) is 0 Å². The normalized spacial score (nSPS) is 10.5. The number of esters is 1. The average Bonchev–Trinajstić information content (AvgIpc) is 3.13. The highest BCUT2D eigenvalue weighted by molar-refractivity contribution is 7.14. The lowest BCUT2D eigenvalue weighted by Gasteiger charge is -2.09. The quantitative estimate of drug-likeness (QED) is 0.532. The predicted molar refractivity (Wildman–Crippen MR) is 106 cm³/mol. The number of benzene rings is 1. The molecule has 0 unspecified atom stereocenters. The van der Waals surface area contributed by atoms with Crippen molar-refractivity contribution in [1.29, 1.82) is 0 Å². The van der Waals surface area contributed by atoms with Crippen LogP contribution in [-0.4, -0.2) is 31.4 Å². The molecule has 0 aliphatic rings. The molecule has 0 saturated heterocycles. The molecule has 0 atom stereocenters. The summed E-state index contributed by atoms with van der Waals surface area (Å²) < 4.78 is 4.56. The smallest absolute Gasteiger partial charge is 0.305 e. The molecule has 2 N–H and O–H groups in total. The molecular formula is C20H24N2O4S. The summed E-state index contributed by atoms with van der Waals surface area (Å²) in [7, 11) is 1.33. The van der Waals surface area contributed by atoms with Gasteiger partial charge in [-0.15, -0.1) is 11.3 Å². The Morgan fingerprint density at radius 3 is 2.41 bits per heavy atom. The van der Waals surface area contributed by atoms with Gasteiger partial charge < -0.3 is 15.4 Å². The number of hydrogen-bond donors (Lipinski definition) is 2. The summed E-state index contributed by atoms with van der Waals surface area (Å²) >= 11 is 1.29. The van der Waals surface area contributed by atoms with Crippen molar-refractivity contribution in [2.45, 2.75) is 32.6 Å². The molecule has 1 heterocycles. The number of amides is 2. The molecule has 27 heavy (non-hydrogen) atoms. The van der Waals surface area contributed by atoms with Gasteiger partial charge in [-0.3, -0.25) is 14.4 Å². The minimum absolute atomic E-state index is 0.246. The van der Waals surface area contributed by atoms with E-state index in [1.165, 1.54) is 18.4 Å². The minimum Gasteiger partial charge on any atom is -0.469 e. The second-order valence-corrected chi connectivity index (χ2v) is 7.25. The number of thiophene rings is 1. The Kier molecular flexibility index (Phi) is 7.55. The first-order valence-corrected chi connectivity index (χ1v) is 9.64. The van der Waals surface area contributed by atoms with Crippen LogP contribution < -0.4 is 10.6 Å². The van der Waals surface area contributed by atoms with Gasteiger partial charge in [0.25, 0.3) is 11.8 Å². The number of hydrogen-bond acceptors (Lipinski definition) is 5. The maximum Gasteiger partial charge on any atom is 0.305 e. The van der Waals surface area contributed by atoms with Gasteiger partial charge in [-0.2, -0.15) is 0 Å². The second-order valence-electron chi connectivity index (χ2n) is 6.33. The fourth-order valence-corrected chi connectivity index (χ4v) is 3.19. The lowest BCUT2D eigenvalue weighted by Crippen LogP contribution is -2.25. The van der Waals surface area contributed by atoms with Crippen LogP contribution in [0.1, 0.15) is 58.9 Å². The maximum absolute atomic E-state index is 12.4. The van der Waals surface area contributed by atoms with Crippen LogP contribution in [0.15, 0.2) is 35.7 Å². The van der Waals surface area contributed by atoms with Gasteiger partial charge in [-0.25, -0.2) is 0 Å². The molecular weight excluding hydrogens is 364 g/mol. The van der Waals surface area contributed by atoms with Crippen LogP contribution in [0.25, 0.3) is 0 Å². The van der Waals surface area contributed by atoms with Crippen molar-refractivity contribution >= 4 is 34.1 Å². The zero-order valence-electron chi connectivity index (χ0n) is 15.7. The van der Waals surface area contributed by atoms with Gasteiger partial charge in [0.15, 0.2) is 0 Å². The Bertz CT molecular complexity index is 797. The maximum atomic E-state index is 12.4. The molecule has 144 valence electrons. The fourth-order valence-electron chi connectivity index (χ4n) is 2.41. The zero-order valence-corrected chi connectivity index (χ0v) is 16.5. The summed E-state index contributed by atoms with van der Waals surface area (Å²) in [5.41, 5.74) is 2.11. The fraction of sp³-hybridized carbons (Fsp3) is 0.350. The summed E-state index contributed by atoms with van der Waals surface area (Å²) in [6, 6.07) is 9.10. The topological polar surface area (TPSA) is 84.5 Å². The van der Waals surface area contributed by atoms with E-state index >= 15 is 0 Å². The Morgan fingerprint density at radius 1 is 1.07 bits per heavy atom. The number of carbonyl (C=O) groups excluding carboxylic acids is 3. The van der Waals surface area contributed by atoms with E-state index < -0.39 is 0 Å². The van der Waals surface area contributed by atoms with Crippen LogP contribution in [0.2, 0.25) is 0 Å². The summed E-state index contributed by atoms with van der Waals surface area (Å²) in [6.07, 6.45) is 0.739. The van der Waals surface area contributed by atoms with Crippen molar-refractivity contribution in [3.05, 3.63) is 52.4 Å². The van der Waals surface area contributed by atoms with E-state index in [-0.39, 0.29) is 24.2 Å². The van der Waals surface area contributed by atoms with Crippen LogP contribution in [0.3, 0.4) is 0 Å². The number of ether oxygens (including phenoxy) is 1. The summed E-state index contributed by atoms with van der Waals surface area (Å²) in [4.78, 5) is 35.8. The van der Waals surface area contributed by atoms with Gasteiger partial charge in [0, 0.05) is 18.5 Å². The lowest BCUT2D eigenvalue weighted by molar-refractivity contribution is -0.140. The van der Waals surface area contributed by atoms with E-state index in [9.17, 15) is 14.4 Å². The highest BCUT2D eigenvalue weighted by atomic mass is 32.1. The van der Waals surface area contributed by atoms with Gasteiger partial charge in [0.1, 0.15) is 5.00 Å². The first-order valence-electron chi connectivity index (χ1n) is 8.76. The van der Waals surface area contributed by atoms with Crippen molar-refractivity contribution < 1.29 is 19.1 Å². The monoisotopic (exact) mass is 388 g/mol. The molecule has 2 aromatic rings. The molecule has 0 fully saturated rings. The third-order valence-corrected chi connectivity index (χ3v) is 4.88. The number of nitrogens with one attached hydrogen (secondary N) is 2. The first kappa shape index (κ1) is 20.6. The van der Waals surface area contributed by atoms with E-state index in [0.29, 0.717) is 35.0 Å². The molecule has 1 aromatic heterocycles. The second kappa shape index (κ2) is 9.87. The van der Waals surface area contributed by atoms with E-state index in [4.69, 9.17) is 0 Å². The third-order valence-electron chi connectivity index (χ3n) is 4.05. The van der Waals surface area contributed by atoms with Crippen LogP contribution in [0.5, 0.6) is 0 Å². The van der Waals surface area contributed by atoms with Crippen molar-refractivity contribution in [1.82, 2.24) is 5.32 Å². The standard InChI is InChI=1S/C20H24N2O4S/c1-13(2)14-6-8-15(9-7-14)18(24)22-20-16(10-12-27-20)19(25)21-11-4-5-17(23)26-3/h6-10,12-13H,4-5,11H2,1-3H3,(H,21,25)(H,22,24). The highest BCUT2D eigenvalue weighted by Crippen LogP contribution is 2.24. The van der Waals surface area contributed by atoms with Gasteiger partial charge in [-0.05, 0) is 41.5 Å². The molecule has 0 saturated carbocycles. The molecule has 0 spiro atoms. The van der Waals surface area contributed by atoms with E-state index in [2.05, 4.69) is 29.2 Å². The van der Waals surface area contributed by atoms with E-state index in [0.717, 1.165) is 5.56 Å². The Balaban J connectivity index is 1.94. The Labute approximate surface area is 162 Å². The zero-order chi connectivity index (χ0) is 19.8. The van der Waals surface area contributed by atoms with Crippen LogP contribution >= 0.6 is 11.3 Å². The van der Waals surface area contributed by atoms with E-state index in [1.54, 1.807) is 23.6 Å². The molecule has 2 rings (SSSR count). The molecule has 0 aliphatic heterocycles. The molecule has 2 amide bonds. The Hall–Kier alpha value is -2.67. The molecule has 0 radical (unpaired) electrons. The SMILES string of the molecule is COC(=O)CCCNC(=O)c1ccsc1NC(=O)c1ccc(C(C)C)cc1. The largest absolute Gasteiger partial charge is 0.469 e. The van der Waals surface area contributed by atoms with Gasteiger partial charge >= 0.3 is 5.97 Å². The molecule has 6 nitrogen and oxygen atoms in total. The minimum atomic E-state index is -0.309. The average molecular weight is 388 g/mol. The van der Waals surface area contributed by atoms with Gasteiger partial charge in [0.05, 0.1) is 12.7 Å². The van der Waals surface area contributed by atoms with Crippen molar-refractivity contribution in [3.8, 4) is 0 Å². The summed E-state index contributed by atoms with van der Waals surface area (Å²) in [6.45, 7) is 4.54. The number of carbonyl (C=O) groups is 3. The number of anilines is 1. The Morgan fingerprint density at radius 2 is 1.78 bits per heavy atom. The molecule has 0 bridgehead atoms. The first-order chi connectivity index (χ1) is 12.9. The molecule has 0 aliphatic carbocycles. The third kappa shape index (κ3) is 5.92. The van der Waals surface area contributed by atoms with Gasteiger partial charge in [-0.1, -0.05) is 26.0 Å². The molecule has 7 heteroatoms. The highest BCUT2D eigenvalue weighted by Gasteiger charge is 2.16. The number of methoxy groups -OCH3 is 1. The lowest BCUT2D eigenvalue weighted by atomic mass is 10.0.